The summed E-state index contributed by atoms with van der Waals surface area (Å²) < 4.78 is 36.2. The highest BCUT2D eigenvalue weighted by Gasteiger charge is 2.46. The number of aliphatic hydroxyl groups is 1. The Morgan fingerprint density at radius 1 is 1.39 bits per heavy atom. The topological polar surface area (TPSA) is 71.5 Å². The summed E-state index contributed by atoms with van der Waals surface area (Å²) in [5.41, 5.74) is -1.10. The van der Waals surface area contributed by atoms with E-state index in [1.54, 1.807) is 0 Å². The third-order valence-electron chi connectivity index (χ3n) is 6.78. The molecule has 0 fully saturated rings. The summed E-state index contributed by atoms with van der Waals surface area (Å²) >= 11 is 6.31. The Morgan fingerprint density at radius 3 is 2.76 bits per heavy atom. The first-order valence-corrected chi connectivity index (χ1v) is 14.3. The lowest BCUT2D eigenvalue weighted by atomic mass is 9.81. The summed E-state index contributed by atoms with van der Waals surface area (Å²) in [6.07, 6.45) is 0.454. The van der Waals surface area contributed by atoms with Gasteiger partial charge in [0.25, 0.3) is 5.91 Å². The predicted octanol–water partition coefficient (Wildman–Crippen LogP) is 5.70. The molecule has 0 saturated heterocycles. The molecule has 0 aliphatic heterocycles. The highest BCUT2D eigenvalue weighted by Crippen LogP contribution is 2.42. The zero-order valence-corrected chi connectivity index (χ0v) is 21.4. The van der Waals surface area contributed by atoms with Crippen LogP contribution in [0.25, 0.3) is 0 Å². The number of benzene rings is 1. The van der Waals surface area contributed by atoms with Crippen LogP contribution in [0.1, 0.15) is 62.1 Å². The van der Waals surface area contributed by atoms with Gasteiger partial charge in [0.2, 0.25) is 5.67 Å². The number of halogens is 3. The summed E-state index contributed by atoms with van der Waals surface area (Å²) in [7, 11) is -2.12. The minimum absolute atomic E-state index is 0.0356. The van der Waals surface area contributed by atoms with Crippen LogP contribution >= 0.6 is 11.6 Å². The molecule has 2 atom stereocenters. The van der Waals surface area contributed by atoms with E-state index < -0.39 is 31.8 Å². The van der Waals surface area contributed by atoms with Gasteiger partial charge in [-0.1, -0.05) is 38.4 Å². The van der Waals surface area contributed by atoms with E-state index in [0.29, 0.717) is 11.1 Å². The van der Waals surface area contributed by atoms with Crippen molar-refractivity contribution >= 4 is 25.8 Å². The Balaban J connectivity index is 1.82. The van der Waals surface area contributed by atoms with E-state index in [2.05, 4.69) is 44.2 Å². The van der Waals surface area contributed by atoms with E-state index in [9.17, 15) is 14.3 Å². The van der Waals surface area contributed by atoms with Gasteiger partial charge in [0.05, 0.1) is 18.4 Å². The number of aromatic nitrogens is 1. The van der Waals surface area contributed by atoms with Gasteiger partial charge in [-0.05, 0) is 60.3 Å². The van der Waals surface area contributed by atoms with E-state index in [-0.39, 0.29) is 47.3 Å². The first-order valence-electron chi connectivity index (χ1n) is 11.0. The first-order chi connectivity index (χ1) is 15.3. The fourth-order valence-electron chi connectivity index (χ4n) is 3.63. The second kappa shape index (κ2) is 9.41. The minimum Gasteiger partial charge on any atom is -0.413 e. The number of rotatable bonds is 6. The zero-order valence-electron chi connectivity index (χ0n) is 19.6. The van der Waals surface area contributed by atoms with Gasteiger partial charge < -0.3 is 14.8 Å². The molecule has 0 radical (unpaired) electrons. The minimum atomic E-state index is -2.33. The lowest BCUT2D eigenvalue weighted by Crippen LogP contribution is -2.44. The molecule has 2 unspecified atom stereocenters. The van der Waals surface area contributed by atoms with Gasteiger partial charge in [0.1, 0.15) is 5.82 Å². The molecule has 0 saturated carbocycles. The standard InChI is InChI=1S/C24H31ClF2N2O3Si/c1-23(2,3)33(4,5)32-14-15-11-16(26)12-19(25)17(15)13-29-22(31)24(27)9-8-20(30)21-18(24)7-6-10-28-21/h6-7,10-12,20,30H,8-9,13-14H2,1-5H3,(H,29,31). The molecule has 5 nitrogen and oxygen atoms in total. The molecule has 1 heterocycles. The molecule has 1 aromatic heterocycles. The lowest BCUT2D eigenvalue weighted by Gasteiger charge is -2.36. The normalized spacial score (nSPS) is 20.9. The van der Waals surface area contributed by atoms with Crippen LogP contribution in [0.15, 0.2) is 30.5 Å². The fourth-order valence-corrected chi connectivity index (χ4v) is 4.87. The van der Waals surface area contributed by atoms with Crippen molar-refractivity contribution in [3.63, 3.8) is 0 Å². The average Bonchev–Trinajstić information content (AvgIpc) is 2.73. The number of hydrogen-bond acceptors (Lipinski definition) is 4. The summed E-state index contributed by atoms with van der Waals surface area (Å²) in [5, 5.41) is 12.9. The van der Waals surface area contributed by atoms with Gasteiger partial charge in [-0.15, -0.1) is 0 Å². The van der Waals surface area contributed by atoms with Gasteiger partial charge in [-0.25, -0.2) is 8.78 Å². The maximum atomic E-state index is 15.9. The van der Waals surface area contributed by atoms with Crippen LogP contribution in [0.5, 0.6) is 0 Å². The molecular formula is C24H31ClF2N2O3Si. The zero-order chi connectivity index (χ0) is 24.6. The van der Waals surface area contributed by atoms with E-state index >= 15 is 4.39 Å². The fraction of sp³-hybridized carbons (Fsp3) is 0.500. The Bertz CT molecular complexity index is 1040. The molecule has 9 heteroatoms. The molecule has 0 bridgehead atoms. The number of carbonyl (C=O) groups excluding carboxylic acids is 1. The largest absolute Gasteiger partial charge is 0.413 e. The van der Waals surface area contributed by atoms with Gasteiger partial charge >= 0.3 is 0 Å². The number of nitrogens with zero attached hydrogens (tertiary/aromatic N) is 1. The molecule has 3 rings (SSSR count). The van der Waals surface area contributed by atoms with Crippen LogP contribution in [-0.4, -0.2) is 24.3 Å². The Morgan fingerprint density at radius 2 is 2.09 bits per heavy atom. The molecule has 0 spiro atoms. The van der Waals surface area contributed by atoms with Crippen molar-refractivity contribution in [2.45, 2.75) is 76.7 Å². The second-order valence-corrected chi connectivity index (χ2v) is 15.3. The van der Waals surface area contributed by atoms with Crippen molar-refractivity contribution in [3.8, 4) is 0 Å². The first kappa shape index (κ1) is 25.7. The molecule has 1 aliphatic rings. The SMILES string of the molecule is CC(C)(C)[Si](C)(C)OCc1cc(F)cc(Cl)c1CNC(=O)C1(F)CCC(O)c2ncccc21. The number of fused-ring (bicyclic) bond motifs is 1. The molecule has 1 amide bonds. The van der Waals surface area contributed by atoms with Crippen LogP contribution < -0.4 is 5.32 Å². The van der Waals surface area contributed by atoms with Crippen molar-refractivity contribution in [1.29, 1.82) is 0 Å². The Labute approximate surface area is 199 Å². The number of amides is 1. The van der Waals surface area contributed by atoms with Crippen molar-refractivity contribution < 1.29 is 23.1 Å². The summed E-state index contributed by atoms with van der Waals surface area (Å²) in [6, 6.07) is 5.50. The number of aliphatic hydroxyl groups excluding tert-OH is 1. The summed E-state index contributed by atoms with van der Waals surface area (Å²) in [6.45, 7) is 10.5. The average molecular weight is 497 g/mol. The molecular weight excluding hydrogens is 466 g/mol. The summed E-state index contributed by atoms with van der Waals surface area (Å²) in [4.78, 5) is 17.0. The van der Waals surface area contributed by atoms with Crippen LogP contribution in [0.2, 0.25) is 23.2 Å². The molecule has 180 valence electrons. The Kier molecular flexibility index (Phi) is 7.34. The van der Waals surface area contributed by atoms with Crippen molar-refractivity contribution in [2.24, 2.45) is 0 Å². The number of pyridine rings is 1. The van der Waals surface area contributed by atoms with Crippen LogP contribution in [0.3, 0.4) is 0 Å². The Hall–Kier alpha value is -1.87. The van der Waals surface area contributed by atoms with Crippen molar-refractivity contribution in [1.82, 2.24) is 10.3 Å². The third kappa shape index (κ3) is 5.29. The number of hydrogen-bond donors (Lipinski definition) is 2. The maximum absolute atomic E-state index is 15.9. The molecule has 1 aromatic carbocycles. The van der Waals surface area contributed by atoms with Gasteiger partial charge in [0.15, 0.2) is 8.32 Å². The molecule has 2 N–H and O–H groups in total. The molecule has 1 aliphatic carbocycles. The highest BCUT2D eigenvalue weighted by atomic mass is 35.5. The van der Waals surface area contributed by atoms with E-state index in [1.807, 2.05) is 0 Å². The van der Waals surface area contributed by atoms with E-state index in [1.165, 1.54) is 30.5 Å². The third-order valence-corrected chi connectivity index (χ3v) is 11.6. The number of nitrogens with one attached hydrogen (secondary N) is 1. The van der Waals surface area contributed by atoms with Crippen molar-refractivity contribution in [3.05, 3.63) is 63.7 Å². The van der Waals surface area contributed by atoms with E-state index in [0.717, 1.165) is 0 Å². The van der Waals surface area contributed by atoms with Crippen LogP contribution in [0.4, 0.5) is 8.78 Å². The van der Waals surface area contributed by atoms with Crippen LogP contribution in [-0.2, 0) is 28.0 Å². The monoisotopic (exact) mass is 496 g/mol. The smallest absolute Gasteiger partial charge is 0.262 e. The van der Waals surface area contributed by atoms with Gasteiger partial charge in [-0.3, -0.25) is 9.78 Å². The highest BCUT2D eigenvalue weighted by molar-refractivity contribution is 6.74. The number of carbonyl (C=O) groups is 1. The van der Waals surface area contributed by atoms with Crippen molar-refractivity contribution in [2.75, 3.05) is 0 Å². The second-order valence-electron chi connectivity index (χ2n) is 10.0. The van der Waals surface area contributed by atoms with Gasteiger partial charge in [-0.2, -0.15) is 0 Å². The maximum Gasteiger partial charge on any atom is 0.262 e. The molecule has 2 aromatic rings. The number of alkyl halides is 1. The summed E-state index contributed by atoms with van der Waals surface area (Å²) in [5.74, 6) is -1.35. The lowest BCUT2D eigenvalue weighted by molar-refractivity contribution is -0.135. The quantitative estimate of drug-likeness (QED) is 0.503. The van der Waals surface area contributed by atoms with Gasteiger partial charge in [0, 0.05) is 23.3 Å². The van der Waals surface area contributed by atoms with E-state index in [4.69, 9.17) is 16.0 Å². The predicted molar refractivity (Wildman–Crippen MR) is 126 cm³/mol. The molecule has 33 heavy (non-hydrogen) atoms. The van der Waals surface area contributed by atoms with Crippen LogP contribution in [0, 0.1) is 5.82 Å².